The Hall–Kier alpha value is -4.03. The summed E-state index contributed by atoms with van der Waals surface area (Å²) in [5, 5.41) is 6.52. The van der Waals surface area contributed by atoms with Gasteiger partial charge in [-0.2, -0.15) is 0 Å². The molecule has 1 aliphatic heterocycles. The second-order valence-electron chi connectivity index (χ2n) is 9.59. The number of rotatable bonds is 4. The van der Waals surface area contributed by atoms with E-state index in [2.05, 4.69) is 82.1 Å². The third-order valence-corrected chi connectivity index (χ3v) is 7.63. The molecule has 0 aliphatic carbocycles. The first-order valence-electron chi connectivity index (χ1n) is 12.4. The van der Waals surface area contributed by atoms with Gasteiger partial charge >= 0.3 is 0 Å². The van der Waals surface area contributed by atoms with Crippen LogP contribution in [-0.4, -0.2) is 14.7 Å². The molecule has 37 heavy (non-hydrogen) atoms. The summed E-state index contributed by atoms with van der Waals surface area (Å²) in [5.41, 5.74) is 6.91. The lowest BCUT2D eigenvalue weighted by Gasteiger charge is -2.28. The van der Waals surface area contributed by atoms with Gasteiger partial charge in [-0.05, 0) is 92.0 Å². The summed E-state index contributed by atoms with van der Waals surface area (Å²) in [6.07, 6.45) is 1.81. The van der Waals surface area contributed by atoms with Crippen LogP contribution in [0.25, 0.3) is 16.5 Å². The highest BCUT2D eigenvalue weighted by Gasteiger charge is 2.42. The fourth-order valence-corrected chi connectivity index (χ4v) is 5.93. The van der Waals surface area contributed by atoms with Gasteiger partial charge in [0.25, 0.3) is 0 Å². The maximum absolute atomic E-state index is 14.2. The van der Waals surface area contributed by atoms with Crippen molar-refractivity contribution in [1.82, 2.24) is 14.9 Å². The Morgan fingerprint density at radius 3 is 2.46 bits per heavy atom. The van der Waals surface area contributed by atoms with E-state index in [0.29, 0.717) is 10.7 Å². The Kier molecular flexibility index (Phi) is 5.76. The number of benzene rings is 3. The first-order valence-corrected chi connectivity index (χ1v) is 12.8. The fraction of sp³-hybridized carbons (Fsp3) is 0.161. The Labute approximate surface area is 221 Å². The number of nitrogens with one attached hydrogen (secondary N) is 1. The molecular formula is C31H27FN4S. The summed E-state index contributed by atoms with van der Waals surface area (Å²) in [5.74, 6) is -0.228. The Morgan fingerprint density at radius 1 is 0.892 bits per heavy atom. The normalized spacial score (nSPS) is 17.4. The largest absolute Gasteiger partial charge is 0.351 e. The molecule has 6 heteroatoms. The summed E-state index contributed by atoms with van der Waals surface area (Å²) < 4.78 is 16.5. The molecule has 4 nitrogen and oxygen atoms in total. The highest BCUT2D eigenvalue weighted by atomic mass is 32.1. The standard InChI is InChI=1S/C31H27FN4S/c1-19-17-23(14-15-26(19)32)36-30(29(34-31(36)37)27-12-6-7-16-33-27)25-18-20(2)35(21(25)3)28-13-8-10-22-9-4-5-11-24(22)28/h4-18,29-30H,1-3H3,(H,34,37)/t29-,30-/m1/s1. The van der Waals surface area contributed by atoms with Gasteiger partial charge in [0.05, 0.1) is 23.5 Å². The molecule has 0 amide bonds. The Balaban J connectivity index is 1.55. The molecule has 3 aromatic carbocycles. The van der Waals surface area contributed by atoms with E-state index in [9.17, 15) is 4.39 Å². The van der Waals surface area contributed by atoms with Gasteiger partial charge in [-0.3, -0.25) is 4.98 Å². The topological polar surface area (TPSA) is 33.1 Å². The van der Waals surface area contributed by atoms with Crippen LogP contribution in [0.4, 0.5) is 10.1 Å². The fourth-order valence-electron chi connectivity index (χ4n) is 5.59. The molecule has 1 saturated heterocycles. The Bertz CT molecular complexity index is 1640. The van der Waals surface area contributed by atoms with E-state index in [1.807, 2.05) is 24.3 Å². The van der Waals surface area contributed by atoms with E-state index in [1.165, 1.54) is 16.8 Å². The zero-order valence-electron chi connectivity index (χ0n) is 20.9. The Morgan fingerprint density at radius 2 is 1.68 bits per heavy atom. The van der Waals surface area contributed by atoms with Crippen LogP contribution < -0.4 is 10.2 Å². The van der Waals surface area contributed by atoms with Crippen LogP contribution in [0.15, 0.2) is 91.1 Å². The molecule has 3 heterocycles. The third-order valence-electron chi connectivity index (χ3n) is 7.31. The van der Waals surface area contributed by atoms with Gasteiger partial charge < -0.3 is 14.8 Å². The van der Waals surface area contributed by atoms with Crippen molar-refractivity contribution in [2.24, 2.45) is 0 Å². The minimum atomic E-state index is -0.228. The summed E-state index contributed by atoms with van der Waals surface area (Å²) in [6, 6.07) is 27.9. The number of hydrogen-bond donors (Lipinski definition) is 1. The van der Waals surface area contributed by atoms with Crippen molar-refractivity contribution in [2.45, 2.75) is 32.9 Å². The molecule has 2 atom stereocenters. The number of thiocarbonyl (C=S) groups is 1. The van der Waals surface area contributed by atoms with Crippen LogP contribution in [0.5, 0.6) is 0 Å². The highest BCUT2D eigenvalue weighted by Crippen LogP contribution is 2.44. The van der Waals surface area contributed by atoms with Crippen LogP contribution in [0.1, 0.15) is 40.3 Å². The minimum absolute atomic E-state index is 0.165. The number of halogens is 1. The van der Waals surface area contributed by atoms with E-state index in [4.69, 9.17) is 12.2 Å². The number of nitrogens with zero attached hydrogens (tertiary/aromatic N) is 3. The van der Waals surface area contributed by atoms with Crippen LogP contribution in [0.3, 0.4) is 0 Å². The molecule has 2 aromatic heterocycles. The molecule has 0 saturated carbocycles. The molecular weight excluding hydrogens is 479 g/mol. The smallest absolute Gasteiger partial charge is 0.174 e. The molecule has 1 aliphatic rings. The lowest BCUT2D eigenvalue weighted by molar-refractivity contribution is 0.564. The van der Waals surface area contributed by atoms with Crippen LogP contribution >= 0.6 is 12.2 Å². The first-order chi connectivity index (χ1) is 17.9. The van der Waals surface area contributed by atoms with Gasteiger partial charge in [-0.25, -0.2) is 4.39 Å². The summed E-state index contributed by atoms with van der Waals surface area (Å²) in [7, 11) is 0. The second-order valence-corrected chi connectivity index (χ2v) is 9.98. The molecule has 5 aromatic rings. The molecule has 0 radical (unpaired) electrons. The van der Waals surface area contributed by atoms with E-state index in [1.54, 1.807) is 19.2 Å². The quantitative estimate of drug-likeness (QED) is 0.260. The lowest BCUT2D eigenvalue weighted by atomic mass is 9.96. The highest BCUT2D eigenvalue weighted by molar-refractivity contribution is 7.80. The van der Waals surface area contributed by atoms with E-state index in [0.717, 1.165) is 34.0 Å². The predicted octanol–water partition coefficient (Wildman–Crippen LogP) is 7.27. The van der Waals surface area contributed by atoms with Crippen LogP contribution in [0, 0.1) is 26.6 Å². The molecule has 0 bridgehead atoms. The van der Waals surface area contributed by atoms with Gasteiger partial charge in [0.2, 0.25) is 0 Å². The van der Waals surface area contributed by atoms with Gasteiger partial charge in [-0.1, -0.05) is 42.5 Å². The van der Waals surface area contributed by atoms with Crippen molar-refractivity contribution in [3.63, 3.8) is 0 Å². The molecule has 0 unspecified atom stereocenters. The molecule has 6 rings (SSSR count). The lowest BCUT2D eigenvalue weighted by Crippen LogP contribution is -2.29. The summed E-state index contributed by atoms with van der Waals surface area (Å²) in [6.45, 7) is 6.08. The third kappa shape index (κ3) is 3.89. The maximum Gasteiger partial charge on any atom is 0.174 e. The number of pyridine rings is 1. The maximum atomic E-state index is 14.2. The number of hydrogen-bond acceptors (Lipinski definition) is 2. The number of aromatic nitrogens is 2. The van der Waals surface area contributed by atoms with E-state index in [-0.39, 0.29) is 17.9 Å². The molecule has 0 spiro atoms. The monoisotopic (exact) mass is 506 g/mol. The van der Waals surface area contributed by atoms with Crippen molar-refractivity contribution >= 4 is 33.8 Å². The molecule has 1 N–H and O–H groups in total. The van der Waals surface area contributed by atoms with Crippen molar-refractivity contribution in [3.05, 3.63) is 125 Å². The number of fused-ring (bicyclic) bond motifs is 1. The molecule has 184 valence electrons. The average molecular weight is 507 g/mol. The second kappa shape index (κ2) is 9.12. The van der Waals surface area contributed by atoms with Crippen molar-refractivity contribution in [2.75, 3.05) is 4.90 Å². The average Bonchev–Trinajstić information content (AvgIpc) is 3.40. The van der Waals surface area contributed by atoms with Gasteiger partial charge in [0.1, 0.15) is 5.82 Å². The first kappa shape index (κ1) is 23.4. The number of anilines is 1. The van der Waals surface area contributed by atoms with Crippen molar-refractivity contribution in [3.8, 4) is 5.69 Å². The summed E-state index contributed by atoms with van der Waals surface area (Å²) in [4.78, 5) is 6.78. The summed E-state index contributed by atoms with van der Waals surface area (Å²) >= 11 is 5.88. The zero-order valence-corrected chi connectivity index (χ0v) is 21.8. The van der Waals surface area contributed by atoms with Gasteiger partial charge in [0, 0.05) is 28.7 Å². The van der Waals surface area contributed by atoms with Gasteiger partial charge in [0.15, 0.2) is 5.11 Å². The minimum Gasteiger partial charge on any atom is -0.351 e. The number of aryl methyl sites for hydroxylation is 2. The van der Waals surface area contributed by atoms with E-state index < -0.39 is 0 Å². The van der Waals surface area contributed by atoms with Crippen LogP contribution in [-0.2, 0) is 0 Å². The van der Waals surface area contributed by atoms with Crippen molar-refractivity contribution < 1.29 is 4.39 Å². The van der Waals surface area contributed by atoms with Crippen molar-refractivity contribution in [1.29, 1.82) is 0 Å². The zero-order chi connectivity index (χ0) is 25.7. The van der Waals surface area contributed by atoms with Gasteiger partial charge in [-0.15, -0.1) is 0 Å². The predicted molar refractivity (Wildman–Crippen MR) is 152 cm³/mol. The molecule has 1 fully saturated rings. The van der Waals surface area contributed by atoms with E-state index >= 15 is 0 Å². The van der Waals surface area contributed by atoms with Crippen LogP contribution in [0.2, 0.25) is 0 Å². The SMILES string of the molecule is Cc1cc(N2C(=S)N[C@H](c3ccccn3)[C@H]2c2cc(C)n(-c3cccc4ccccc34)c2C)ccc1F.